The molecule has 0 saturated carbocycles. The molecule has 0 bridgehead atoms. The molecule has 1 unspecified atom stereocenters. The van der Waals surface area contributed by atoms with Crippen LogP contribution in [0.1, 0.15) is 52.9 Å². The number of hydrogen-bond donors (Lipinski definition) is 2. The van der Waals surface area contributed by atoms with E-state index in [9.17, 15) is 9.90 Å². The van der Waals surface area contributed by atoms with E-state index in [1.54, 1.807) is 11.8 Å². The number of aliphatic hydroxyl groups is 1. The SMILES string of the molecule is CCCC(CCC)(C(=O)N1CCC(C)(O)C1)C(N)=S. The van der Waals surface area contributed by atoms with Gasteiger partial charge in [0.15, 0.2) is 0 Å². The van der Waals surface area contributed by atoms with Crippen LogP contribution in [0.3, 0.4) is 0 Å². The number of carbonyl (C=O) groups excluding carboxylic acids is 1. The fraction of sp³-hybridized carbons (Fsp3) is 0.857. The molecule has 19 heavy (non-hydrogen) atoms. The first-order valence-corrected chi connectivity index (χ1v) is 7.51. The molecule has 3 N–H and O–H groups in total. The van der Waals surface area contributed by atoms with Gasteiger partial charge >= 0.3 is 0 Å². The molecule has 1 saturated heterocycles. The molecule has 110 valence electrons. The summed E-state index contributed by atoms with van der Waals surface area (Å²) >= 11 is 5.20. The molecule has 0 aromatic rings. The van der Waals surface area contributed by atoms with Gasteiger partial charge in [0.1, 0.15) is 0 Å². The highest BCUT2D eigenvalue weighted by molar-refractivity contribution is 7.80. The van der Waals surface area contributed by atoms with Crippen molar-refractivity contribution in [2.24, 2.45) is 11.1 Å². The zero-order valence-corrected chi connectivity index (χ0v) is 13.1. The van der Waals surface area contributed by atoms with Crippen LogP contribution in [-0.4, -0.2) is 39.6 Å². The number of hydrogen-bond acceptors (Lipinski definition) is 3. The lowest BCUT2D eigenvalue weighted by atomic mass is 9.77. The van der Waals surface area contributed by atoms with Gasteiger partial charge in [-0.1, -0.05) is 38.9 Å². The maximum absolute atomic E-state index is 12.8. The first-order chi connectivity index (χ1) is 8.79. The summed E-state index contributed by atoms with van der Waals surface area (Å²) in [6.45, 7) is 6.81. The number of nitrogens with two attached hydrogens (primary N) is 1. The maximum Gasteiger partial charge on any atom is 0.235 e. The summed E-state index contributed by atoms with van der Waals surface area (Å²) in [4.78, 5) is 14.8. The predicted octanol–water partition coefficient (Wildman–Crippen LogP) is 1.84. The Balaban J connectivity index is 2.97. The van der Waals surface area contributed by atoms with Gasteiger partial charge in [-0.15, -0.1) is 0 Å². The average Bonchev–Trinajstić information content (AvgIpc) is 2.68. The molecular formula is C14H26N2O2S. The van der Waals surface area contributed by atoms with Crippen molar-refractivity contribution in [3.63, 3.8) is 0 Å². The smallest absolute Gasteiger partial charge is 0.235 e. The van der Waals surface area contributed by atoms with Crippen LogP contribution in [0.4, 0.5) is 0 Å². The molecule has 1 heterocycles. The minimum Gasteiger partial charge on any atom is -0.392 e. The van der Waals surface area contributed by atoms with E-state index < -0.39 is 11.0 Å². The second kappa shape index (κ2) is 6.18. The monoisotopic (exact) mass is 286 g/mol. The number of β-amino-alcohol motifs (C(OH)–C–C–N with tert-alkyl or cyclic N) is 1. The largest absolute Gasteiger partial charge is 0.392 e. The van der Waals surface area contributed by atoms with E-state index in [0.29, 0.717) is 37.3 Å². The molecule has 1 aliphatic rings. The molecule has 1 aliphatic heterocycles. The molecule has 1 atom stereocenters. The molecule has 4 nitrogen and oxygen atoms in total. The molecular weight excluding hydrogens is 260 g/mol. The number of likely N-dealkylation sites (tertiary alicyclic amines) is 1. The topological polar surface area (TPSA) is 66.6 Å². The first-order valence-electron chi connectivity index (χ1n) is 7.11. The molecule has 1 fully saturated rings. The van der Waals surface area contributed by atoms with E-state index in [2.05, 4.69) is 0 Å². The first kappa shape index (κ1) is 16.4. The van der Waals surface area contributed by atoms with E-state index in [1.165, 1.54) is 0 Å². The van der Waals surface area contributed by atoms with E-state index in [4.69, 9.17) is 18.0 Å². The van der Waals surface area contributed by atoms with Crippen LogP contribution in [0.25, 0.3) is 0 Å². The number of thiocarbonyl (C=S) groups is 1. The number of amides is 1. The van der Waals surface area contributed by atoms with Crippen molar-refractivity contribution in [3.05, 3.63) is 0 Å². The van der Waals surface area contributed by atoms with Crippen LogP contribution in [0, 0.1) is 5.41 Å². The molecule has 0 spiro atoms. The quantitative estimate of drug-likeness (QED) is 0.731. The van der Waals surface area contributed by atoms with Gasteiger partial charge in [-0.25, -0.2) is 0 Å². The zero-order chi connectivity index (χ0) is 14.7. The van der Waals surface area contributed by atoms with E-state index in [0.717, 1.165) is 12.8 Å². The molecule has 5 heteroatoms. The summed E-state index contributed by atoms with van der Waals surface area (Å²) in [5.74, 6) is 0.00137. The molecule has 0 aromatic heterocycles. The second-order valence-corrected chi connectivity index (χ2v) is 6.36. The Morgan fingerprint density at radius 2 is 1.95 bits per heavy atom. The van der Waals surface area contributed by atoms with Crippen molar-refractivity contribution in [2.45, 2.75) is 58.5 Å². The minimum absolute atomic E-state index is 0.00137. The third-order valence-electron chi connectivity index (χ3n) is 3.97. The Bertz CT molecular complexity index is 349. The van der Waals surface area contributed by atoms with E-state index in [-0.39, 0.29) is 5.91 Å². The van der Waals surface area contributed by atoms with Crippen molar-refractivity contribution < 1.29 is 9.90 Å². The molecule has 0 radical (unpaired) electrons. The van der Waals surface area contributed by atoms with Gasteiger partial charge in [0.25, 0.3) is 0 Å². The van der Waals surface area contributed by atoms with Crippen molar-refractivity contribution in [1.29, 1.82) is 0 Å². The van der Waals surface area contributed by atoms with Crippen LogP contribution in [0.2, 0.25) is 0 Å². The summed E-state index contributed by atoms with van der Waals surface area (Å²) in [6, 6.07) is 0. The summed E-state index contributed by atoms with van der Waals surface area (Å²) in [5, 5.41) is 10.0. The normalized spacial score (nSPS) is 23.7. The highest BCUT2D eigenvalue weighted by Gasteiger charge is 2.45. The minimum atomic E-state index is -0.782. The van der Waals surface area contributed by atoms with Gasteiger partial charge in [0.05, 0.1) is 16.0 Å². The maximum atomic E-state index is 12.8. The fourth-order valence-corrected chi connectivity index (χ4v) is 3.26. The zero-order valence-electron chi connectivity index (χ0n) is 12.2. The van der Waals surface area contributed by atoms with Crippen LogP contribution >= 0.6 is 12.2 Å². The number of rotatable bonds is 6. The molecule has 1 rings (SSSR count). The van der Waals surface area contributed by atoms with Crippen molar-refractivity contribution in [2.75, 3.05) is 13.1 Å². The lowest BCUT2D eigenvalue weighted by Crippen LogP contribution is -2.50. The van der Waals surface area contributed by atoms with Gasteiger partial charge in [-0.05, 0) is 26.2 Å². The third-order valence-corrected chi connectivity index (χ3v) is 4.36. The van der Waals surface area contributed by atoms with Gasteiger partial charge in [-0.3, -0.25) is 4.79 Å². The highest BCUT2D eigenvalue weighted by Crippen LogP contribution is 2.35. The second-order valence-electron chi connectivity index (χ2n) is 5.92. The van der Waals surface area contributed by atoms with Gasteiger partial charge in [0.2, 0.25) is 5.91 Å². The number of nitrogens with zero attached hydrogens (tertiary/aromatic N) is 1. The summed E-state index contributed by atoms with van der Waals surface area (Å²) in [7, 11) is 0. The highest BCUT2D eigenvalue weighted by atomic mass is 32.1. The summed E-state index contributed by atoms with van der Waals surface area (Å²) < 4.78 is 0. The Hall–Kier alpha value is -0.680. The molecule has 0 aliphatic carbocycles. The van der Waals surface area contributed by atoms with Crippen molar-refractivity contribution in [1.82, 2.24) is 4.90 Å². The van der Waals surface area contributed by atoms with Crippen molar-refractivity contribution in [3.8, 4) is 0 Å². The van der Waals surface area contributed by atoms with Gasteiger partial charge < -0.3 is 15.7 Å². The molecule has 0 aromatic carbocycles. The standard InChI is InChI=1S/C14H26N2O2S/c1-4-6-14(7-5-2,11(15)19)12(17)16-9-8-13(3,18)10-16/h18H,4-10H2,1-3H3,(H2,15,19). The Morgan fingerprint density at radius 3 is 2.26 bits per heavy atom. The fourth-order valence-electron chi connectivity index (χ4n) is 2.97. The van der Waals surface area contributed by atoms with Gasteiger partial charge in [0, 0.05) is 13.1 Å². The lowest BCUT2D eigenvalue weighted by molar-refractivity contribution is -0.138. The van der Waals surface area contributed by atoms with E-state index in [1.807, 2.05) is 13.8 Å². The summed E-state index contributed by atoms with van der Waals surface area (Å²) in [5.41, 5.74) is 4.40. The average molecular weight is 286 g/mol. The van der Waals surface area contributed by atoms with Gasteiger partial charge in [-0.2, -0.15) is 0 Å². The summed E-state index contributed by atoms with van der Waals surface area (Å²) in [6.07, 6.45) is 3.73. The number of carbonyl (C=O) groups is 1. The predicted molar refractivity (Wildman–Crippen MR) is 80.9 cm³/mol. The van der Waals surface area contributed by atoms with Crippen LogP contribution in [0.5, 0.6) is 0 Å². The lowest BCUT2D eigenvalue weighted by Gasteiger charge is -2.35. The Labute approximate surface area is 121 Å². The van der Waals surface area contributed by atoms with Crippen LogP contribution in [0.15, 0.2) is 0 Å². The Morgan fingerprint density at radius 1 is 1.42 bits per heavy atom. The van der Waals surface area contributed by atoms with Crippen molar-refractivity contribution >= 4 is 23.1 Å². The third kappa shape index (κ3) is 3.45. The molecule has 1 amide bonds. The Kier molecular flexibility index (Phi) is 5.33. The van der Waals surface area contributed by atoms with Crippen LogP contribution in [-0.2, 0) is 4.79 Å². The van der Waals surface area contributed by atoms with Crippen LogP contribution < -0.4 is 5.73 Å². The van der Waals surface area contributed by atoms with E-state index >= 15 is 0 Å².